The summed E-state index contributed by atoms with van der Waals surface area (Å²) in [5.41, 5.74) is 2.15. The fourth-order valence-corrected chi connectivity index (χ4v) is 2.97. The molecule has 0 unspecified atom stereocenters. The van der Waals surface area contributed by atoms with E-state index in [0.717, 1.165) is 18.4 Å². The molecular formula is C19H25N3O4S. The third-order valence-corrected chi connectivity index (χ3v) is 4.81. The standard InChI is InChI=1S/C19H25N3O4S/c1-2-3-15-4-8-17(9-5-15)26-14-22-19(23)21-13-12-16-6-10-18(11-7-16)27(20,24)25/h4-11H,2-3,12-14H2,1H3,(H2,20,24,25)(H2,21,22,23). The largest absolute Gasteiger partial charge is 0.473 e. The number of ether oxygens (including phenoxy) is 1. The molecule has 146 valence electrons. The van der Waals surface area contributed by atoms with Crippen molar-refractivity contribution in [3.05, 3.63) is 59.7 Å². The molecule has 0 spiro atoms. The van der Waals surface area contributed by atoms with Crippen molar-refractivity contribution >= 4 is 16.1 Å². The Labute approximate surface area is 160 Å². The van der Waals surface area contributed by atoms with Crippen LogP contribution in [0.25, 0.3) is 0 Å². The van der Waals surface area contributed by atoms with Gasteiger partial charge in [0.2, 0.25) is 10.0 Å². The second-order valence-electron chi connectivity index (χ2n) is 6.05. The average Bonchev–Trinajstić information content (AvgIpc) is 2.63. The van der Waals surface area contributed by atoms with E-state index >= 15 is 0 Å². The van der Waals surface area contributed by atoms with Crippen molar-refractivity contribution in [2.75, 3.05) is 13.3 Å². The Kier molecular flexibility index (Phi) is 7.63. The van der Waals surface area contributed by atoms with Crippen molar-refractivity contribution in [2.24, 2.45) is 5.14 Å². The zero-order valence-corrected chi connectivity index (χ0v) is 16.1. The van der Waals surface area contributed by atoms with Crippen molar-refractivity contribution in [1.82, 2.24) is 10.6 Å². The van der Waals surface area contributed by atoms with Crippen molar-refractivity contribution in [3.8, 4) is 5.75 Å². The number of urea groups is 1. The van der Waals surface area contributed by atoms with E-state index < -0.39 is 10.0 Å². The number of nitrogens with one attached hydrogen (secondary N) is 2. The minimum Gasteiger partial charge on any atom is -0.473 e. The van der Waals surface area contributed by atoms with E-state index in [1.807, 2.05) is 24.3 Å². The summed E-state index contributed by atoms with van der Waals surface area (Å²) >= 11 is 0. The number of carbonyl (C=O) groups excluding carboxylic acids is 1. The summed E-state index contributed by atoms with van der Waals surface area (Å²) < 4.78 is 27.9. The van der Waals surface area contributed by atoms with Crippen LogP contribution in [0.1, 0.15) is 24.5 Å². The summed E-state index contributed by atoms with van der Waals surface area (Å²) in [6, 6.07) is 13.7. The first-order chi connectivity index (χ1) is 12.9. The van der Waals surface area contributed by atoms with Gasteiger partial charge in [0.1, 0.15) is 5.75 Å². The minimum absolute atomic E-state index is 0.0665. The van der Waals surface area contributed by atoms with Gasteiger partial charge in [-0.15, -0.1) is 0 Å². The van der Waals surface area contributed by atoms with Gasteiger partial charge in [-0.1, -0.05) is 37.6 Å². The van der Waals surface area contributed by atoms with Crippen molar-refractivity contribution in [1.29, 1.82) is 0 Å². The molecule has 2 aromatic carbocycles. The van der Waals surface area contributed by atoms with Crippen LogP contribution in [-0.4, -0.2) is 27.7 Å². The highest BCUT2D eigenvalue weighted by molar-refractivity contribution is 7.89. The van der Waals surface area contributed by atoms with Gasteiger partial charge in [-0.2, -0.15) is 0 Å². The summed E-state index contributed by atoms with van der Waals surface area (Å²) in [5, 5.41) is 10.4. The molecule has 0 radical (unpaired) electrons. The first kappa shape index (κ1) is 20.7. The molecule has 7 nitrogen and oxygen atoms in total. The maximum atomic E-state index is 11.8. The minimum atomic E-state index is -3.69. The molecule has 2 rings (SSSR count). The van der Waals surface area contributed by atoms with Crippen LogP contribution in [0.2, 0.25) is 0 Å². The van der Waals surface area contributed by atoms with Crippen molar-refractivity contribution in [2.45, 2.75) is 31.1 Å². The number of amides is 2. The quantitative estimate of drug-likeness (QED) is 0.569. The fourth-order valence-electron chi connectivity index (χ4n) is 2.45. The lowest BCUT2D eigenvalue weighted by molar-refractivity contribution is 0.224. The van der Waals surface area contributed by atoms with Crippen molar-refractivity contribution in [3.63, 3.8) is 0 Å². The Balaban J connectivity index is 1.66. The number of hydrogen-bond donors (Lipinski definition) is 3. The smallest absolute Gasteiger partial charge is 0.317 e. The van der Waals surface area contributed by atoms with Crippen LogP contribution >= 0.6 is 0 Å². The van der Waals surface area contributed by atoms with Gasteiger partial charge in [-0.25, -0.2) is 18.4 Å². The third kappa shape index (κ3) is 7.28. The summed E-state index contributed by atoms with van der Waals surface area (Å²) in [4.78, 5) is 11.8. The van der Waals surface area contributed by atoms with E-state index in [1.54, 1.807) is 12.1 Å². The molecular weight excluding hydrogens is 366 g/mol. The van der Waals surface area contributed by atoms with Gasteiger partial charge in [-0.05, 0) is 48.2 Å². The Bertz CT molecular complexity index is 834. The molecule has 0 fully saturated rings. The summed E-state index contributed by atoms with van der Waals surface area (Å²) in [5.74, 6) is 0.699. The maximum Gasteiger partial charge on any atom is 0.317 e. The van der Waals surface area contributed by atoms with Crippen LogP contribution in [0.15, 0.2) is 53.4 Å². The van der Waals surface area contributed by atoms with E-state index in [-0.39, 0.29) is 17.7 Å². The highest BCUT2D eigenvalue weighted by atomic mass is 32.2. The van der Waals surface area contributed by atoms with Crippen LogP contribution in [0, 0.1) is 0 Å². The second-order valence-corrected chi connectivity index (χ2v) is 7.62. The van der Waals surface area contributed by atoms with Crippen LogP contribution in [0.5, 0.6) is 5.75 Å². The monoisotopic (exact) mass is 391 g/mol. The number of nitrogens with two attached hydrogens (primary N) is 1. The summed E-state index contributed by atoms with van der Waals surface area (Å²) in [6.07, 6.45) is 2.70. The lowest BCUT2D eigenvalue weighted by Gasteiger charge is -2.10. The molecule has 2 aromatic rings. The number of hydrogen-bond acceptors (Lipinski definition) is 4. The van der Waals surface area contributed by atoms with E-state index in [4.69, 9.17) is 9.88 Å². The number of benzene rings is 2. The number of sulfonamides is 1. The van der Waals surface area contributed by atoms with Gasteiger partial charge < -0.3 is 15.4 Å². The Morgan fingerprint density at radius 2 is 1.56 bits per heavy atom. The van der Waals surface area contributed by atoms with Gasteiger partial charge in [0, 0.05) is 6.54 Å². The number of rotatable bonds is 9. The topological polar surface area (TPSA) is 111 Å². The maximum absolute atomic E-state index is 11.8. The zero-order chi connectivity index (χ0) is 19.7. The molecule has 0 heterocycles. The van der Waals surface area contributed by atoms with Crippen LogP contribution in [-0.2, 0) is 22.9 Å². The molecule has 0 saturated heterocycles. The van der Waals surface area contributed by atoms with Gasteiger partial charge >= 0.3 is 6.03 Å². The molecule has 0 bridgehead atoms. The molecule has 27 heavy (non-hydrogen) atoms. The molecule has 0 aliphatic rings. The number of primary sulfonamides is 1. The Morgan fingerprint density at radius 1 is 0.963 bits per heavy atom. The average molecular weight is 391 g/mol. The first-order valence-corrected chi connectivity index (χ1v) is 10.3. The summed E-state index contributed by atoms with van der Waals surface area (Å²) in [6.45, 7) is 2.61. The van der Waals surface area contributed by atoms with Gasteiger partial charge in [0.15, 0.2) is 6.73 Å². The lowest BCUT2D eigenvalue weighted by Crippen LogP contribution is -2.38. The Morgan fingerprint density at radius 3 is 2.15 bits per heavy atom. The van der Waals surface area contributed by atoms with E-state index in [9.17, 15) is 13.2 Å². The van der Waals surface area contributed by atoms with Crippen molar-refractivity contribution < 1.29 is 17.9 Å². The molecule has 8 heteroatoms. The SMILES string of the molecule is CCCc1ccc(OCNC(=O)NCCc2ccc(S(N)(=O)=O)cc2)cc1. The van der Waals surface area contributed by atoms with Crippen LogP contribution in [0.4, 0.5) is 4.79 Å². The number of carbonyl (C=O) groups is 1. The molecule has 4 N–H and O–H groups in total. The molecule has 0 aromatic heterocycles. The lowest BCUT2D eigenvalue weighted by atomic mass is 10.1. The normalized spacial score (nSPS) is 11.0. The van der Waals surface area contributed by atoms with E-state index in [2.05, 4.69) is 17.6 Å². The highest BCUT2D eigenvalue weighted by Crippen LogP contribution is 2.13. The second kappa shape index (κ2) is 9.94. The van der Waals surface area contributed by atoms with Gasteiger partial charge in [0.05, 0.1) is 4.90 Å². The van der Waals surface area contributed by atoms with E-state index in [1.165, 1.54) is 17.7 Å². The van der Waals surface area contributed by atoms with E-state index in [0.29, 0.717) is 18.7 Å². The molecule has 0 saturated carbocycles. The summed E-state index contributed by atoms with van der Waals surface area (Å²) in [7, 11) is -3.69. The molecule has 0 aliphatic heterocycles. The van der Waals surface area contributed by atoms with Gasteiger partial charge in [0.25, 0.3) is 0 Å². The first-order valence-electron chi connectivity index (χ1n) is 8.73. The van der Waals surface area contributed by atoms with Crippen LogP contribution < -0.4 is 20.5 Å². The molecule has 0 aliphatic carbocycles. The highest BCUT2D eigenvalue weighted by Gasteiger charge is 2.07. The fraction of sp³-hybridized carbons (Fsp3) is 0.316. The predicted molar refractivity (Wildman–Crippen MR) is 104 cm³/mol. The van der Waals surface area contributed by atoms with Gasteiger partial charge in [-0.3, -0.25) is 0 Å². The third-order valence-electron chi connectivity index (χ3n) is 3.88. The zero-order valence-electron chi connectivity index (χ0n) is 15.3. The molecule has 0 atom stereocenters. The number of aryl methyl sites for hydroxylation is 1. The Hall–Kier alpha value is -2.58. The predicted octanol–water partition coefficient (Wildman–Crippen LogP) is 2.16. The molecule has 2 amide bonds. The van der Waals surface area contributed by atoms with Crippen LogP contribution in [0.3, 0.4) is 0 Å².